The van der Waals surface area contributed by atoms with E-state index in [2.05, 4.69) is 29.8 Å². The maximum Gasteiger partial charge on any atom is 0.122 e. The smallest absolute Gasteiger partial charge is 0.122 e. The van der Waals surface area contributed by atoms with Crippen molar-refractivity contribution in [3.05, 3.63) is 59.4 Å². The number of benzene rings is 1. The first kappa shape index (κ1) is 16.9. The minimum absolute atomic E-state index is 0.265. The van der Waals surface area contributed by atoms with Crippen molar-refractivity contribution < 1.29 is 9.84 Å². The summed E-state index contributed by atoms with van der Waals surface area (Å²) in [5, 5.41) is 10.3. The lowest BCUT2D eigenvalue weighted by atomic mass is 9.97. The van der Waals surface area contributed by atoms with Crippen molar-refractivity contribution in [2.75, 3.05) is 26.2 Å². The van der Waals surface area contributed by atoms with Crippen LogP contribution in [-0.4, -0.2) is 47.3 Å². The molecule has 2 aromatic rings. The number of aliphatic hydroxyl groups excluding tert-OH is 1. The fraction of sp³-hybridized carbons (Fsp3) is 0.450. The van der Waals surface area contributed by atoms with Crippen molar-refractivity contribution in [1.82, 2.24) is 9.88 Å². The van der Waals surface area contributed by atoms with Crippen LogP contribution in [0.25, 0.3) is 0 Å². The molecule has 4 nitrogen and oxygen atoms in total. The summed E-state index contributed by atoms with van der Waals surface area (Å²) >= 11 is 0. The molecule has 0 radical (unpaired) electrons. The number of aromatic nitrogens is 1. The zero-order valence-corrected chi connectivity index (χ0v) is 14.5. The molecule has 0 amide bonds. The van der Waals surface area contributed by atoms with E-state index in [9.17, 15) is 5.11 Å². The fourth-order valence-electron chi connectivity index (χ4n) is 3.31. The predicted octanol–water partition coefficient (Wildman–Crippen LogP) is 2.61. The number of pyridine rings is 1. The van der Waals surface area contributed by atoms with Crippen LogP contribution in [0.4, 0.5) is 0 Å². The largest absolute Gasteiger partial charge is 0.492 e. The SMILES string of the molecule is Cc1cccc(OCCN2C[C@@H](Cc3ccncc3)[C@@H](O)C2)c1C. The highest BCUT2D eigenvalue weighted by Gasteiger charge is 2.30. The van der Waals surface area contributed by atoms with E-state index < -0.39 is 0 Å². The molecule has 1 aliphatic rings. The summed E-state index contributed by atoms with van der Waals surface area (Å²) in [5.74, 6) is 1.25. The third kappa shape index (κ3) is 4.13. The topological polar surface area (TPSA) is 45.6 Å². The van der Waals surface area contributed by atoms with E-state index in [0.29, 0.717) is 6.61 Å². The van der Waals surface area contributed by atoms with Gasteiger partial charge in [0.1, 0.15) is 12.4 Å². The first-order chi connectivity index (χ1) is 11.6. The fourth-order valence-corrected chi connectivity index (χ4v) is 3.31. The molecule has 128 valence electrons. The number of ether oxygens (including phenoxy) is 1. The van der Waals surface area contributed by atoms with Crippen LogP contribution in [0.3, 0.4) is 0 Å². The molecule has 2 atom stereocenters. The number of β-amino-alcohol motifs (C(OH)–C–C–N with tert-alkyl or cyclic N) is 1. The van der Waals surface area contributed by atoms with Crippen molar-refractivity contribution in [2.24, 2.45) is 5.92 Å². The Bertz CT molecular complexity index is 660. The standard InChI is InChI=1S/C20H26N2O2/c1-15-4-3-5-20(16(15)2)24-11-10-22-13-18(19(23)14-22)12-17-6-8-21-9-7-17/h3-9,18-19,23H,10-14H2,1-2H3/t18-,19+/m1/s1. The normalized spacial score (nSPS) is 21.1. The Morgan fingerprint density at radius 2 is 1.96 bits per heavy atom. The maximum absolute atomic E-state index is 10.3. The molecule has 0 spiro atoms. The molecule has 24 heavy (non-hydrogen) atoms. The van der Waals surface area contributed by atoms with Crippen LogP contribution in [0.15, 0.2) is 42.7 Å². The summed E-state index contributed by atoms with van der Waals surface area (Å²) < 4.78 is 5.94. The third-order valence-corrected chi connectivity index (χ3v) is 4.95. The molecule has 3 rings (SSSR count). The third-order valence-electron chi connectivity index (χ3n) is 4.95. The zero-order valence-electron chi connectivity index (χ0n) is 14.5. The summed E-state index contributed by atoms with van der Waals surface area (Å²) in [6.07, 6.45) is 4.26. The van der Waals surface area contributed by atoms with Gasteiger partial charge < -0.3 is 9.84 Å². The van der Waals surface area contributed by atoms with E-state index in [-0.39, 0.29) is 12.0 Å². The predicted molar refractivity (Wildman–Crippen MR) is 95.3 cm³/mol. The van der Waals surface area contributed by atoms with Gasteiger partial charge in [-0.3, -0.25) is 9.88 Å². The average molecular weight is 326 g/mol. The molecule has 1 saturated heterocycles. The number of hydrogen-bond acceptors (Lipinski definition) is 4. The van der Waals surface area contributed by atoms with Crippen LogP contribution in [0.1, 0.15) is 16.7 Å². The number of likely N-dealkylation sites (tertiary alicyclic amines) is 1. The molecule has 2 heterocycles. The summed E-state index contributed by atoms with van der Waals surface area (Å²) in [4.78, 5) is 6.34. The summed E-state index contributed by atoms with van der Waals surface area (Å²) in [5.41, 5.74) is 3.69. The van der Waals surface area contributed by atoms with Crippen LogP contribution in [0.5, 0.6) is 5.75 Å². The van der Waals surface area contributed by atoms with Crippen molar-refractivity contribution >= 4 is 0 Å². The second-order valence-electron chi connectivity index (χ2n) is 6.69. The highest BCUT2D eigenvalue weighted by atomic mass is 16.5. The average Bonchev–Trinajstić information content (AvgIpc) is 2.92. The number of rotatable bonds is 6. The van der Waals surface area contributed by atoms with Gasteiger partial charge in [-0.1, -0.05) is 12.1 Å². The molecule has 0 saturated carbocycles. The van der Waals surface area contributed by atoms with Crippen molar-refractivity contribution in [1.29, 1.82) is 0 Å². The van der Waals surface area contributed by atoms with E-state index in [1.165, 1.54) is 16.7 Å². The van der Waals surface area contributed by atoms with Gasteiger partial charge in [-0.25, -0.2) is 0 Å². The molecule has 1 aromatic heterocycles. The van der Waals surface area contributed by atoms with Gasteiger partial charge in [-0.2, -0.15) is 0 Å². The lowest BCUT2D eigenvalue weighted by Crippen LogP contribution is -2.27. The van der Waals surface area contributed by atoms with Gasteiger partial charge in [-0.15, -0.1) is 0 Å². The van der Waals surface area contributed by atoms with E-state index in [0.717, 1.165) is 31.8 Å². The molecule has 1 fully saturated rings. The Morgan fingerprint density at radius 1 is 1.17 bits per heavy atom. The molecule has 0 unspecified atom stereocenters. The van der Waals surface area contributed by atoms with Gasteiger partial charge in [0.05, 0.1) is 6.10 Å². The Morgan fingerprint density at radius 3 is 2.75 bits per heavy atom. The number of nitrogens with zero attached hydrogens (tertiary/aromatic N) is 2. The maximum atomic E-state index is 10.3. The van der Waals surface area contributed by atoms with E-state index >= 15 is 0 Å². The lowest BCUT2D eigenvalue weighted by Gasteiger charge is -2.17. The Kier molecular flexibility index (Phi) is 5.48. The first-order valence-electron chi connectivity index (χ1n) is 8.62. The van der Waals surface area contributed by atoms with E-state index in [1.807, 2.05) is 36.7 Å². The first-order valence-corrected chi connectivity index (χ1v) is 8.62. The summed E-state index contributed by atoms with van der Waals surface area (Å²) in [6.45, 7) is 7.33. The Balaban J connectivity index is 1.48. The second-order valence-corrected chi connectivity index (χ2v) is 6.69. The van der Waals surface area contributed by atoms with E-state index in [4.69, 9.17) is 4.74 Å². The number of aryl methyl sites for hydroxylation is 1. The number of aliphatic hydroxyl groups is 1. The minimum atomic E-state index is -0.265. The minimum Gasteiger partial charge on any atom is -0.492 e. The molecular weight excluding hydrogens is 300 g/mol. The van der Waals surface area contributed by atoms with Crippen LogP contribution in [0, 0.1) is 19.8 Å². The quantitative estimate of drug-likeness (QED) is 0.886. The van der Waals surface area contributed by atoms with Gasteiger partial charge in [0, 0.05) is 37.9 Å². The summed E-state index contributed by atoms with van der Waals surface area (Å²) in [7, 11) is 0. The van der Waals surface area contributed by atoms with Crippen molar-refractivity contribution in [2.45, 2.75) is 26.4 Å². The van der Waals surface area contributed by atoms with Crippen molar-refractivity contribution in [3.63, 3.8) is 0 Å². The molecule has 0 bridgehead atoms. The van der Waals surface area contributed by atoms with Crippen LogP contribution < -0.4 is 4.74 Å². The van der Waals surface area contributed by atoms with Gasteiger partial charge in [0.15, 0.2) is 0 Å². The second kappa shape index (κ2) is 7.77. The summed E-state index contributed by atoms with van der Waals surface area (Å²) in [6, 6.07) is 10.2. The van der Waals surface area contributed by atoms with Gasteiger partial charge in [0.25, 0.3) is 0 Å². The highest BCUT2D eigenvalue weighted by molar-refractivity contribution is 5.38. The Hall–Kier alpha value is -1.91. The van der Waals surface area contributed by atoms with Gasteiger partial charge in [0.2, 0.25) is 0 Å². The highest BCUT2D eigenvalue weighted by Crippen LogP contribution is 2.23. The molecule has 0 aliphatic carbocycles. The van der Waals surface area contributed by atoms with Gasteiger partial charge >= 0.3 is 0 Å². The zero-order chi connectivity index (χ0) is 16.9. The molecule has 1 aromatic carbocycles. The molecular formula is C20H26N2O2. The van der Waals surface area contributed by atoms with Crippen LogP contribution >= 0.6 is 0 Å². The van der Waals surface area contributed by atoms with Crippen LogP contribution in [-0.2, 0) is 6.42 Å². The van der Waals surface area contributed by atoms with Crippen molar-refractivity contribution in [3.8, 4) is 5.75 Å². The molecule has 1 aliphatic heterocycles. The Labute approximate surface area is 144 Å². The van der Waals surface area contributed by atoms with Gasteiger partial charge in [-0.05, 0) is 55.2 Å². The monoisotopic (exact) mass is 326 g/mol. The molecule has 1 N–H and O–H groups in total. The molecule has 4 heteroatoms. The number of hydrogen-bond donors (Lipinski definition) is 1. The van der Waals surface area contributed by atoms with Crippen LogP contribution in [0.2, 0.25) is 0 Å². The lowest BCUT2D eigenvalue weighted by molar-refractivity contribution is 0.139. The van der Waals surface area contributed by atoms with E-state index in [1.54, 1.807) is 0 Å².